The van der Waals surface area contributed by atoms with Crippen LogP contribution in [-0.2, 0) is 10.5 Å². The lowest BCUT2D eigenvalue weighted by Gasteiger charge is -2.15. The number of phenols is 2. The molecule has 0 fully saturated rings. The number of allylic oxidation sites excluding steroid dienone is 4. The van der Waals surface area contributed by atoms with Crippen molar-refractivity contribution >= 4 is 17.5 Å². The summed E-state index contributed by atoms with van der Waals surface area (Å²) in [6.07, 6.45) is 12.3. The van der Waals surface area contributed by atoms with Crippen LogP contribution in [0.1, 0.15) is 50.2 Å². The quantitative estimate of drug-likeness (QED) is 0.364. The minimum Gasteiger partial charge on any atom is -0.508 e. The first-order valence-corrected chi connectivity index (χ1v) is 13.0. The summed E-state index contributed by atoms with van der Waals surface area (Å²) >= 11 is 1.55. The van der Waals surface area contributed by atoms with Gasteiger partial charge in [-0.3, -0.25) is 9.55 Å². The van der Waals surface area contributed by atoms with Crippen molar-refractivity contribution in [2.45, 2.75) is 56.0 Å². The van der Waals surface area contributed by atoms with Gasteiger partial charge in [0.1, 0.15) is 11.5 Å². The Labute approximate surface area is 216 Å². The monoisotopic (exact) mass is 504 g/mol. The highest BCUT2D eigenvalue weighted by Crippen LogP contribution is 2.39. The second-order valence-corrected chi connectivity index (χ2v) is 10.1. The number of rotatable bonds is 7. The van der Waals surface area contributed by atoms with Crippen LogP contribution in [0.15, 0.2) is 72.2 Å². The van der Waals surface area contributed by atoms with Crippen molar-refractivity contribution in [3.8, 4) is 22.9 Å². The van der Waals surface area contributed by atoms with Crippen LogP contribution in [0.3, 0.4) is 0 Å². The third kappa shape index (κ3) is 5.88. The zero-order valence-electron chi connectivity index (χ0n) is 20.9. The zero-order valence-corrected chi connectivity index (χ0v) is 21.7. The van der Waals surface area contributed by atoms with E-state index in [0.717, 1.165) is 41.7 Å². The van der Waals surface area contributed by atoms with Crippen LogP contribution in [0.4, 0.5) is 0 Å². The Balaban J connectivity index is 1.82. The predicted octanol–water partition coefficient (Wildman–Crippen LogP) is 6.32. The molecule has 1 aliphatic carbocycles. The first-order chi connectivity index (χ1) is 17.4. The van der Waals surface area contributed by atoms with Crippen molar-refractivity contribution < 1.29 is 14.9 Å². The van der Waals surface area contributed by atoms with Gasteiger partial charge in [-0.05, 0) is 54.5 Å². The number of hydrogen-bond acceptors (Lipinski definition) is 7. The molecule has 2 N–H and O–H groups in total. The number of methoxy groups -OCH3 is 1. The lowest BCUT2D eigenvalue weighted by molar-refractivity contribution is 0.0972. The number of ether oxygens (including phenoxy) is 1. The van der Waals surface area contributed by atoms with Crippen molar-refractivity contribution in [2.75, 3.05) is 7.11 Å². The fraction of sp³-hybridized carbons (Fsp3) is 0.321. The van der Waals surface area contributed by atoms with Gasteiger partial charge >= 0.3 is 0 Å². The van der Waals surface area contributed by atoms with E-state index in [-0.39, 0.29) is 23.5 Å². The maximum Gasteiger partial charge on any atom is 0.196 e. The van der Waals surface area contributed by atoms with Crippen LogP contribution in [0.25, 0.3) is 17.1 Å². The molecule has 8 heteroatoms. The highest BCUT2D eigenvalue weighted by Gasteiger charge is 2.22. The summed E-state index contributed by atoms with van der Waals surface area (Å²) < 4.78 is 7.59. The van der Waals surface area contributed by atoms with Crippen LogP contribution in [0.2, 0.25) is 0 Å². The van der Waals surface area contributed by atoms with E-state index in [1.807, 2.05) is 48.9 Å². The standard InChI is InChI=1S/C28H32N4O3S/c1-18(2)23-14-24(26(34)15-25(23)33)27-30-31-28(36-17-20-7-6-12-29-16-20)32(27)21-8-5-9-22(35-4)13-19(3)10-11-21/h6-8,10-12,14-16,18,22,33-34H,3,5,9,13,17H2,1-2,4H3/b11-10-,21-8+. The summed E-state index contributed by atoms with van der Waals surface area (Å²) in [7, 11) is 1.73. The van der Waals surface area contributed by atoms with E-state index >= 15 is 0 Å². The fourth-order valence-corrected chi connectivity index (χ4v) is 5.04. The summed E-state index contributed by atoms with van der Waals surface area (Å²) in [6, 6.07) is 7.11. The molecule has 1 aromatic carbocycles. The number of aromatic nitrogens is 4. The van der Waals surface area contributed by atoms with E-state index < -0.39 is 0 Å². The maximum absolute atomic E-state index is 10.8. The summed E-state index contributed by atoms with van der Waals surface area (Å²) in [5, 5.41) is 30.9. The zero-order chi connectivity index (χ0) is 25.7. The van der Waals surface area contributed by atoms with E-state index in [9.17, 15) is 10.2 Å². The first-order valence-electron chi connectivity index (χ1n) is 12.0. The Bertz CT molecular complexity index is 1280. The highest BCUT2D eigenvalue weighted by molar-refractivity contribution is 7.98. The normalized spacial score (nSPS) is 18.8. The molecule has 7 nitrogen and oxygen atoms in total. The summed E-state index contributed by atoms with van der Waals surface area (Å²) in [6.45, 7) is 8.19. The second kappa shape index (κ2) is 11.6. The van der Waals surface area contributed by atoms with Crippen LogP contribution < -0.4 is 0 Å². The molecule has 1 aliphatic rings. The van der Waals surface area contributed by atoms with Gasteiger partial charge in [0.2, 0.25) is 0 Å². The lowest BCUT2D eigenvalue weighted by atomic mass is 9.98. The summed E-state index contributed by atoms with van der Waals surface area (Å²) in [5.74, 6) is 1.25. The molecule has 188 valence electrons. The minimum absolute atomic E-state index is 0.0501. The molecule has 2 heterocycles. The van der Waals surface area contributed by atoms with Crippen molar-refractivity contribution in [1.82, 2.24) is 19.7 Å². The molecule has 1 atom stereocenters. The van der Waals surface area contributed by atoms with Gasteiger partial charge in [-0.1, -0.05) is 56.0 Å². The second-order valence-electron chi connectivity index (χ2n) is 9.13. The van der Waals surface area contributed by atoms with Gasteiger partial charge in [0.25, 0.3) is 0 Å². The molecule has 0 saturated carbocycles. The van der Waals surface area contributed by atoms with Gasteiger partial charge in [0.05, 0.1) is 11.7 Å². The Hall–Kier alpha value is -3.36. The molecule has 3 aromatic rings. The topological polar surface area (TPSA) is 93.3 Å². The number of benzene rings is 1. The van der Waals surface area contributed by atoms with Gasteiger partial charge in [0.15, 0.2) is 11.0 Å². The fourth-order valence-electron chi connectivity index (χ4n) is 4.16. The summed E-state index contributed by atoms with van der Waals surface area (Å²) in [5.41, 5.74) is 4.18. The number of pyridine rings is 1. The van der Waals surface area contributed by atoms with Crippen LogP contribution in [0.5, 0.6) is 11.5 Å². The Kier molecular flexibility index (Phi) is 8.28. The molecular formula is C28H32N4O3S. The van der Waals surface area contributed by atoms with Gasteiger partial charge < -0.3 is 14.9 Å². The molecule has 36 heavy (non-hydrogen) atoms. The molecule has 0 spiro atoms. The Morgan fingerprint density at radius 2 is 2.03 bits per heavy atom. The number of aromatic hydroxyl groups is 2. The molecular weight excluding hydrogens is 472 g/mol. The minimum atomic E-state index is -0.0501. The Morgan fingerprint density at radius 3 is 2.75 bits per heavy atom. The predicted molar refractivity (Wildman–Crippen MR) is 144 cm³/mol. The third-order valence-corrected chi connectivity index (χ3v) is 7.15. The van der Waals surface area contributed by atoms with Crippen LogP contribution in [-0.4, -0.2) is 43.2 Å². The molecule has 0 amide bonds. The van der Waals surface area contributed by atoms with Crippen molar-refractivity contribution in [3.63, 3.8) is 0 Å². The Morgan fingerprint density at radius 1 is 1.19 bits per heavy atom. The van der Waals surface area contributed by atoms with Crippen LogP contribution >= 0.6 is 11.8 Å². The number of hydrogen-bond donors (Lipinski definition) is 2. The van der Waals surface area contributed by atoms with Crippen molar-refractivity contribution in [2.24, 2.45) is 0 Å². The van der Waals surface area contributed by atoms with E-state index in [0.29, 0.717) is 22.3 Å². The van der Waals surface area contributed by atoms with E-state index in [1.54, 1.807) is 31.1 Å². The number of phenolic OH excluding ortho intramolecular Hbond substituents is 2. The van der Waals surface area contributed by atoms with Gasteiger partial charge in [0, 0.05) is 37.0 Å². The molecule has 0 aliphatic heterocycles. The van der Waals surface area contributed by atoms with Gasteiger partial charge in [-0.25, -0.2) is 0 Å². The largest absolute Gasteiger partial charge is 0.508 e. The highest BCUT2D eigenvalue weighted by atomic mass is 32.2. The van der Waals surface area contributed by atoms with Crippen molar-refractivity contribution in [3.05, 3.63) is 78.2 Å². The van der Waals surface area contributed by atoms with Crippen LogP contribution in [0, 0.1) is 0 Å². The number of thioether (sulfide) groups is 1. The lowest BCUT2D eigenvalue weighted by Crippen LogP contribution is -2.10. The van der Waals surface area contributed by atoms with E-state index in [1.165, 1.54) is 6.07 Å². The van der Waals surface area contributed by atoms with Gasteiger partial charge in [-0.15, -0.1) is 10.2 Å². The average Bonchev–Trinajstić information content (AvgIpc) is 3.30. The number of nitrogens with zero attached hydrogens (tertiary/aromatic N) is 4. The molecule has 0 bridgehead atoms. The summed E-state index contributed by atoms with van der Waals surface area (Å²) in [4.78, 5) is 4.21. The van der Waals surface area contributed by atoms with E-state index in [2.05, 4.69) is 27.8 Å². The molecule has 2 aromatic heterocycles. The first kappa shape index (κ1) is 25.7. The average molecular weight is 505 g/mol. The van der Waals surface area contributed by atoms with E-state index in [4.69, 9.17) is 4.74 Å². The van der Waals surface area contributed by atoms with Crippen molar-refractivity contribution in [1.29, 1.82) is 0 Å². The SMILES string of the molecule is C=C1/C=C\C(n2c(SCc3cccnc3)nnc2-c2cc(C(C)C)c(O)cc2O)=C/CCC(OC)C1. The molecule has 1 unspecified atom stereocenters. The smallest absolute Gasteiger partial charge is 0.196 e. The molecule has 0 radical (unpaired) electrons. The molecule has 0 saturated heterocycles. The van der Waals surface area contributed by atoms with Gasteiger partial charge in [-0.2, -0.15) is 0 Å². The maximum atomic E-state index is 10.8. The third-order valence-electron chi connectivity index (χ3n) is 6.15. The molecule has 4 rings (SSSR count).